The van der Waals surface area contributed by atoms with E-state index in [1.54, 1.807) is 0 Å². The summed E-state index contributed by atoms with van der Waals surface area (Å²) in [6.07, 6.45) is 0. The summed E-state index contributed by atoms with van der Waals surface area (Å²) >= 11 is -10.7. The Morgan fingerprint density at radius 1 is 0.600 bits per heavy atom. The molecule has 113 valence electrons. The SMILES string of the molecule is O=[N+]([O-])[Rh]([N+](=O)[O-])([N+](=O)[O-])([N+](=O)[O-])([N+](=O)[O-])[N+](=O)O.[KH]. The average Bonchev–Trinajstić information content (AvgIpc) is 2.15. The number of hydrogen-bond donors (Lipinski definition) is 1. The van der Waals surface area contributed by atoms with Crippen molar-refractivity contribution in [1.29, 1.82) is 0 Å². The van der Waals surface area contributed by atoms with Gasteiger partial charge in [0.2, 0.25) is 0 Å². The molecule has 0 spiro atoms. The Morgan fingerprint density at radius 3 is 0.750 bits per heavy atom. The predicted molar refractivity (Wildman–Crippen MR) is 47.5 cm³/mol. The van der Waals surface area contributed by atoms with Crippen molar-refractivity contribution in [3.8, 4) is 0 Å². The van der Waals surface area contributed by atoms with E-state index < -0.39 is 35.9 Å². The number of nitro groups is 5. The Balaban J connectivity index is 0. The van der Waals surface area contributed by atoms with Gasteiger partial charge in [-0.15, -0.1) is 0 Å². The summed E-state index contributed by atoms with van der Waals surface area (Å²) in [6, 6.07) is 0. The van der Waals surface area contributed by atoms with Crippen LogP contribution in [0, 0.1) is 55.5 Å². The van der Waals surface area contributed by atoms with Gasteiger partial charge in [0, 0.05) is 0 Å². The maximum absolute atomic E-state index is 10.7. The fourth-order valence-electron chi connectivity index (χ4n) is 0.677. The fraction of sp³-hybridized carbons (Fsp3) is 0. The van der Waals surface area contributed by atoms with Crippen LogP contribution in [-0.2, 0) is 13.9 Å². The number of rotatable bonds is 6. The van der Waals surface area contributed by atoms with Gasteiger partial charge >= 0.3 is 148 Å². The minimum absolute atomic E-state index is 0. The molecule has 0 aromatic rings. The van der Waals surface area contributed by atoms with Crippen molar-refractivity contribution in [2.24, 2.45) is 0 Å². The zero-order chi connectivity index (χ0) is 15.9. The van der Waals surface area contributed by atoms with Crippen LogP contribution in [0.25, 0.3) is 0 Å². The molecule has 0 saturated carbocycles. The molecule has 0 bridgehead atoms. The number of hydrogen-bond acceptors (Lipinski definition) is 11. The van der Waals surface area contributed by atoms with Crippen LogP contribution < -0.4 is 0 Å². The first-order chi connectivity index (χ1) is 8.34. The molecule has 0 rings (SSSR count). The van der Waals surface area contributed by atoms with E-state index in [1.165, 1.54) is 0 Å². The van der Waals surface area contributed by atoms with Crippen LogP contribution in [0.15, 0.2) is 0 Å². The second-order valence-electron chi connectivity index (χ2n) is 2.19. The van der Waals surface area contributed by atoms with Crippen molar-refractivity contribution in [3.05, 3.63) is 55.5 Å². The maximum atomic E-state index is 10.7. The Bertz CT molecular complexity index is 431. The van der Waals surface area contributed by atoms with E-state index in [4.69, 9.17) is 5.21 Å². The molecule has 0 amide bonds. The molecule has 0 radical (unpaired) electrons. The molecule has 0 aliphatic heterocycles. The summed E-state index contributed by atoms with van der Waals surface area (Å²) < 4.78 is -18.8. The van der Waals surface area contributed by atoms with E-state index in [0.717, 1.165) is 0 Å². The second-order valence-corrected chi connectivity index (χ2v) is 10.7. The van der Waals surface area contributed by atoms with Gasteiger partial charge in [0.05, 0.1) is 0 Å². The van der Waals surface area contributed by atoms with Crippen molar-refractivity contribution in [2.45, 2.75) is 0 Å². The second kappa shape index (κ2) is 4.89. The quantitative estimate of drug-likeness (QED) is 0.268. The molecule has 0 aromatic heterocycles. The third kappa shape index (κ3) is 1.19. The summed E-state index contributed by atoms with van der Waals surface area (Å²) in [6.45, 7) is 0. The molecular formula is H2KN6O12Rh+. The first kappa shape index (κ1) is 21.0. The monoisotopic (exact) mass is 420 g/mol. The number of nitrogens with zero attached hydrogens (tertiary/aromatic N) is 6. The van der Waals surface area contributed by atoms with Crippen LogP contribution in [0.4, 0.5) is 0 Å². The molecule has 0 aliphatic carbocycles. The van der Waals surface area contributed by atoms with Gasteiger partial charge in [-0.25, -0.2) is 0 Å². The van der Waals surface area contributed by atoms with Crippen LogP contribution in [-0.4, -0.2) is 78.6 Å². The Kier molecular flexibility index (Phi) is 5.13. The van der Waals surface area contributed by atoms with Crippen LogP contribution in [0.1, 0.15) is 0 Å². The van der Waals surface area contributed by atoms with E-state index in [1.807, 2.05) is 0 Å². The molecular weight excluding hydrogens is 418 g/mol. The van der Waals surface area contributed by atoms with Gasteiger partial charge in [-0.3, -0.25) is 0 Å². The van der Waals surface area contributed by atoms with Crippen LogP contribution in [0.3, 0.4) is 0 Å². The van der Waals surface area contributed by atoms with Gasteiger partial charge in [-0.05, 0) is 0 Å². The molecule has 20 heavy (non-hydrogen) atoms. The van der Waals surface area contributed by atoms with Crippen LogP contribution >= 0.6 is 0 Å². The summed E-state index contributed by atoms with van der Waals surface area (Å²) in [5.74, 6) is 0. The summed E-state index contributed by atoms with van der Waals surface area (Å²) in [5, 5.41) is 61.3. The van der Waals surface area contributed by atoms with Crippen molar-refractivity contribution in [1.82, 2.24) is 0 Å². The van der Waals surface area contributed by atoms with Gasteiger partial charge in [0.1, 0.15) is 0 Å². The molecule has 18 nitrogen and oxygen atoms in total. The summed E-state index contributed by atoms with van der Waals surface area (Å²) in [7, 11) is 0. The van der Waals surface area contributed by atoms with Gasteiger partial charge in [0.25, 0.3) is 0 Å². The van der Waals surface area contributed by atoms with Crippen molar-refractivity contribution in [3.63, 3.8) is 0 Å². The Hall–Kier alpha value is -1.34. The molecule has 0 fully saturated rings. The molecule has 1 N–H and O–H groups in total. The molecule has 0 heterocycles. The molecule has 20 heteroatoms. The third-order valence-electron chi connectivity index (χ3n) is 1.65. The standard InChI is InChI=1S/K.HNO2.5NO2.Rh.H/c;6*2-1-3;;/h;(H,2,3);;;;;;;/q;;;;;;;+1;. The van der Waals surface area contributed by atoms with E-state index in [2.05, 4.69) is 0 Å². The zero-order valence-corrected chi connectivity index (χ0v) is 9.59. The van der Waals surface area contributed by atoms with Gasteiger partial charge in [0.15, 0.2) is 0 Å². The topological polar surface area (TPSA) is 256 Å². The third-order valence-corrected chi connectivity index (χ3v) is 9.74. The van der Waals surface area contributed by atoms with E-state index in [9.17, 15) is 55.5 Å². The molecule has 0 saturated heterocycles. The first-order valence-electron chi connectivity index (χ1n) is 3.10. The molecule has 0 aliphatic rings. The Morgan fingerprint density at radius 2 is 0.750 bits per heavy atom. The van der Waals surface area contributed by atoms with Crippen LogP contribution in [0.5, 0.6) is 0 Å². The zero-order valence-electron chi connectivity index (χ0n) is 7.95. The fourth-order valence-corrected chi connectivity index (χ4v) is 4.01. The van der Waals surface area contributed by atoms with Gasteiger partial charge < -0.3 is 0 Å². The van der Waals surface area contributed by atoms with Crippen molar-refractivity contribution >= 4 is 51.4 Å². The van der Waals surface area contributed by atoms with E-state index >= 15 is 0 Å². The summed E-state index contributed by atoms with van der Waals surface area (Å²) in [4.78, 5) is 63.6. The van der Waals surface area contributed by atoms with Crippen molar-refractivity contribution < 1.29 is 41.1 Å². The normalized spacial score (nSPS) is 13.8. The van der Waals surface area contributed by atoms with Crippen molar-refractivity contribution in [2.75, 3.05) is 0 Å². The van der Waals surface area contributed by atoms with E-state index in [-0.39, 0.29) is 51.4 Å². The predicted octanol–water partition coefficient (Wildman–Crippen LogP) is -2.40. The van der Waals surface area contributed by atoms with E-state index in [0.29, 0.717) is 0 Å². The Labute approximate surface area is 146 Å². The summed E-state index contributed by atoms with van der Waals surface area (Å²) in [5.41, 5.74) is 0. The first-order valence-corrected chi connectivity index (χ1v) is 7.50. The molecule has 0 aromatic carbocycles. The average molecular weight is 420 g/mol. The van der Waals surface area contributed by atoms with Gasteiger partial charge in [-0.2, -0.15) is 0 Å². The minimum atomic E-state index is -10.7. The van der Waals surface area contributed by atoms with Crippen LogP contribution in [0.2, 0.25) is 0 Å². The molecule has 0 atom stereocenters. The molecule has 0 unspecified atom stereocenters. The van der Waals surface area contributed by atoms with Gasteiger partial charge in [-0.1, -0.05) is 0 Å².